The first kappa shape index (κ1) is 15.8. The Hall–Kier alpha value is -1.26. The molecule has 1 rings (SSSR count). The molecule has 0 bridgehead atoms. The van der Waals surface area contributed by atoms with E-state index in [1.165, 1.54) is 6.92 Å². The summed E-state index contributed by atoms with van der Waals surface area (Å²) in [7, 11) is 0. The van der Waals surface area contributed by atoms with Crippen molar-refractivity contribution in [2.45, 2.75) is 77.5 Å². The van der Waals surface area contributed by atoms with Crippen LogP contribution in [-0.4, -0.2) is 29.7 Å². The van der Waals surface area contributed by atoms with Gasteiger partial charge in [-0.25, -0.2) is 4.79 Å². The molecule has 0 aromatic carbocycles. The molecule has 1 fully saturated rings. The van der Waals surface area contributed by atoms with Gasteiger partial charge in [0.05, 0.1) is 6.04 Å². The number of nitrogens with one attached hydrogen (secondary N) is 2. The minimum atomic E-state index is -0.502. The molecule has 0 radical (unpaired) electrons. The van der Waals surface area contributed by atoms with Crippen LogP contribution in [0.1, 0.15) is 59.8 Å². The average molecular weight is 270 g/mol. The van der Waals surface area contributed by atoms with Crippen LogP contribution in [0.5, 0.6) is 0 Å². The summed E-state index contributed by atoms with van der Waals surface area (Å²) in [6, 6.07) is -0.0335. The Labute approximate surface area is 115 Å². The highest BCUT2D eigenvalue weighted by atomic mass is 16.6. The van der Waals surface area contributed by atoms with E-state index in [1.807, 2.05) is 20.8 Å². The third-order valence-corrected chi connectivity index (χ3v) is 3.11. The molecular weight excluding hydrogens is 244 g/mol. The predicted octanol–water partition coefficient (Wildman–Crippen LogP) is 2.35. The molecule has 110 valence electrons. The van der Waals surface area contributed by atoms with Crippen LogP contribution in [0.4, 0.5) is 4.79 Å². The Morgan fingerprint density at radius 1 is 1.00 bits per heavy atom. The Balaban J connectivity index is 2.59. The van der Waals surface area contributed by atoms with E-state index < -0.39 is 11.7 Å². The van der Waals surface area contributed by atoms with Crippen molar-refractivity contribution >= 4 is 12.0 Å². The highest BCUT2D eigenvalue weighted by molar-refractivity contribution is 5.73. The fourth-order valence-corrected chi connectivity index (χ4v) is 2.37. The van der Waals surface area contributed by atoms with Gasteiger partial charge in [-0.2, -0.15) is 0 Å². The topological polar surface area (TPSA) is 67.4 Å². The summed E-state index contributed by atoms with van der Waals surface area (Å²) >= 11 is 0. The van der Waals surface area contributed by atoms with Gasteiger partial charge in [0.25, 0.3) is 0 Å². The monoisotopic (exact) mass is 270 g/mol. The van der Waals surface area contributed by atoms with Crippen molar-refractivity contribution < 1.29 is 14.3 Å². The zero-order chi connectivity index (χ0) is 14.5. The van der Waals surface area contributed by atoms with Gasteiger partial charge in [0, 0.05) is 13.0 Å². The average Bonchev–Trinajstić information content (AvgIpc) is 2.41. The van der Waals surface area contributed by atoms with E-state index in [0.717, 1.165) is 32.1 Å². The van der Waals surface area contributed by atoms with Gasteiger partial charge in [0.15, 0.2) is 0 Å². The fraction of sp³-hybridized carbons (Fsp3) is 0.857. The minimum absolute atomic E-state index is 0.00696. The summed E-state index contributed by atoms with van der Waals surface area (Å²) in [6.07, 6.45) is 4.66. The summed E-state index contributed by atoms with van der Waals surface area (Å²) in [5.41, 5.74) is -0.502. The zero-order valence-electron chi connectivity index (χ0n) is 12.4. The number of hydrogen-bond acceptors (Lipinski definition) is 3. The van der Waals surface area contributed by atoms with Gasteiger partial charge in [0.1, 0.15) is 5.60 Å². The SMILES string of the molecule is CC(=O)N[C@@H]1CCCCC[C@H]1NC(=O)OC(C)(C)C. The molecule has 5 nitrogen and oxygen atoms in total. The molecule has 0 aliphatic heterocycles. The van der Waals surface area contributed by atoms with E-state index in [9.17, 15) is 9.59 Å². The van der Waals surface area contributed by atoms with E-state index in [0.29, 0.717) is 0 Å². The molecule has 0 unspecified atom stereocenters. The van der Waals surface area contributed by atoms with E-state index >= 15 is 0 Å². The molecule has 0 saturated heterocycles. The standard InChI is InChI=1S/C14H26N2O3/c1-10(17)15-11-8-6-5-7-9-12(11)16-13(18)19-14(2,3)4/h11-12H,5-9H2,1-4H3,(H,15,17)(H,16,18)/t11-,12-/m1/s1. The normalized spacial score (nSPS) is 24.2. The van der Waals surface area contributed by atoms with Gasteiger partial charge in [0.2, 0.25) is 5.91 Å². The molecule has 2 N–H and O–H groups in total. The second kappa shape index (κ2) is 6.78. The molecule has 1 saturated carbocycles. The molecule has 0 heterocycles. The molecule has 2 amide bonds. The lowest BCUT2D eigenvalue weighted by atomic mass is 10.0. The highest BCUT2D eigenvalue weighted by Gasteiger charge is 2.27. The lowest BCUT2D eigenvalue weighted by molar-refractivity contribution is -0.119. The molecule has 1 aliphatic carbocycles. The molecule has 0 aromatic heterocycles. The number of carbonyl (C=O) groups is 2. The van der Waals surface area contributed by atoms with Crippen LogP contribution in [0.2, 0.25) is 0 Å². The Kier molecular flexibility index (Phi) is 5.63. The summed E-state index contributed by atoms with van der Waals surface area (Å²) in [5, 5.41) is 5.83. The largest absolute Gasteiger partial charge is 0.444 e. The first-order valence-corrected chi connectivity index (χ1v) is 7.04. The third-order valence-electron chi connectivity index (χ3n) is 3.11. The van der Waals surface area contributed by atoms with Crippen LogP contribution in [0.3, 0.4) is 0 Å². The van der Waals surface area contributed by atoms with E-state index in [1.54, 1.807) is 0 Å². The van der Waals surface area contributed by atoms with Gasteiger partial charge >= 0.3 is 6.09 Å². The molecular formula is C14H26N2O3. The Morgan fingerprint density at radius 2 is 1.53 bits per heavy atom. The number of ether oxygens (including phenoxy) is 1. The molecule has 0 aromatic rings. The maximum Gasteiger partial charge on any atom is 0.407 e. The van der Waals surface area contributed by atoms with E-state index in [-0.39, 0.29) is 18.0 Å². The lowest BCUT2D eigenvalue weighted by Gasteiger charge is -2.28. The van der Waals surface area contributed by atoms with Crippen molar-refractivity contribution in [2.24, 2.45) is 0 Å². The first-order valence-electron chi connectivity index (χ1n) is 7.04. The maximum atomic E-state index is 11.8. The van der Waals surface area contributed by atoms with Crippen LogP contribution >= 0.6 is 0 Å². The number of alkyl carbamates (subject to hydrolysis) is 1. The van der Waals surface area contributed by atoms with Crippen LogP contribution in [0.25, 0.3) is 0 Å². The summed E-state index contributed by atoms with van der Waals surface area (Å²) in [4.78, 5) is 23.1. The Bertz CT molecular complexity index is 323. The van der Waals surface area contributed by atoms with Crippen molar-refractivity contribution in [1.29, 1.82) is 0 Å². The third kappa shape index (κ3) is 6.45. The zero-order valence-corrected chi connectivity index (χ0v) is 12.4. The van der Waals surface area contributed by atoms with Crippen molar-refractivity contribution in [3.8, 4) is 0 Å². The predicted molar refractivity (Wildman–Crippen MR) is 73.8 cm³/mol. The summed E-state index contributed by atoms with van der Waals surface area (Å²) in [6.45, 7) is 7.02. The van der Waals surface area contributed by atoms with Crippen LogP contribution in [0, 0.1) is 0 Å². The second-order valence-corrected chi connectivity index (χ2v) is 6.20. The van der Waals surface area contributed by atoms with Crippen LogP contribution < -0.4 is 10.6 Å². The quantitative estimate of drug-likeness (QED) is 0.757. The van der Waals surface area contributed by atoms with Gasteiger partial charge in [-0.05, 0) is 33.6 Å². The molecule has 1 aliphatic rings. The number of carbonyl (C=O) groups excluding carboxylic acids is 2. The molecule has 5 heteroatoms. The number of rotatable bonds is 2. The molecule has 2 atom stereocenters. The highest BCUT2D eigenvalue weighted by Crippen LogP contribution is 2.19. The fourth-order valence-electron chi connectivity index (χ4n) is 2.37. The summed E-state index contributed by atoms with van der Waals surface area (Å²) in [5.74, 6) is -0.0529. The van der Waals surface area contributed by atoms with Crippen LogP contribution in [0.15, 0.2) is 0 Å². The van der Waals surface area contributed by atoms with E-state index in [2.05, 4.69) is 10.6 Å². The van der Waals surface area contributed by atoms with Gasteiger partial charge in [-0.15, -0.1) is 0 Å². The first-order chi connectivity index (χ1) is 8.78. The van der Waals surface area contributed by atoms with Crippen LogP contribution in [-0.2, 0) is 9.53 Å². The van der Waals surface area contributed by atoms with Gasteiger partial charge in [-0.1, -0.05) is 19.3 Å². The minimum Gasteiger partial charge on any atom is -0.444 e. The van der Waals surface area contributed by atoms with Crippen molar-refractivity contribution in [3.05, 3.63) is 0 Å². The number of hydrogen-bond donors (Lipinski definition) is 2. The summed E-state index contributed by atoms with van der Waals surface area (Å²) < 4.78 is 5.27. The van der Waals surface area contributed by atoms with Gasteiger partial charge < -0.3 is 15.4 Å². The van der Waals surface area contributed by atoms with Crippen molar-refractivity contribution in [1.82, 2.24) is 10.6 Å². The number of amides is 2. The van der Waals surface area contributed by atoms with Crippen molar-refractivity contribution in [3.63, 3.8) is 0 Å². The smallest absolute Gasteiger partial charge is 0.407 e. The molecule has 0 spiro atoms. The molecule has 19 heavy (non-hydrogen) atoms. The van der Waals surface area contributed by atoms with E-state index in [4.69, 9.17) is 4.74 Å². The van der Waals surface area contributed by atoms with Gasteiger partial charge in [-0.3, -0.25) is 4.79 Å². The van der Waals surface area contributed by atoms with Crippen molar-refractivity contribution in [2.75, 3.05) is 0 Å². The Morgan fingerprint density at radius 3 is 2.00 bits per heavy atom. The maximum absolute atomic E-state index is 11.8. The lowest BCUT2D eigenvalue weighted by Crippen LogP contribution is -2.51. The second-order valence-electron chi connectivity index (χ2n) is 6.20.